The lowest BCUT2D eigenvalue weighted by Crippen LogP contribution is -2.45. The Morgan fingerprint density at radius 1 is 1.54 bits per heavy atom. The van der Waals surface area contributed by atoms with Gasteiger partial charge in [0.25, 0.3) is 0 Å². The van der Waals surface area contributed by atoms with Gasteiger partial charge in [0, 0.05) is 18.6 Å². The van der Waals surface area contributed by atoms with E-state index in [-0.39, 0.29) is 24.5 Å². The van der Waals surface area contributed by atoms with Crippen LogP contribution in [0.25, 0.3) is 0 Å². The molecule has 3 N–H and O–H groups in total. The number of halogens is 1. The van der Waals surface area contributed by atoms with E-state index in [1.54, 1.807) is 0 Å². The van der Waals surface area contributed by atoms with Crippen molar-refractivity contribution < 1.29 is 4.79 Å². The minimum absolute atomic E-state index is 0. The fourth-order valence-electron chi connectivity index (χ4n) is 1.27. The highest BCUT2D eigenvalue weighted by atomic mass is 35.5. The molecule has 13 heavy (non-hydrogen) atoms. The first-order valence-electron chi connectivity index (χ1n) is 4.46. The van der Waals surface area contributed by atoms with Gasteiger partial charge in [-0.1, -0.05) is 0 Å². The van der Waals surface area contributed by atoms with Gasteiger partial charge in [0.05, 0.1) is 0 Å². The molecule has 2 amide bonds. The van der Waals surface area contributed by atoms with E-state index in [0.717, 1.165) is 19.5 Å². The standard InChI is InChI=1S/C8H17N3O.ClH/c1-6(2)10-8(12)11-7-3-4-9-5-7;/h6-7,9H,3-5H2,1-2H3,(H2,10,11,12);1H. The largest absolute Gasteiger partial charge is 0.336 e. The molecule has 5 heteroatoms. The van der Waals surface area contributed by atoms with E-state index in [9.17, 15) is 4.79 Å². The van der Waals surface area contributed by atoms with Gasteiger partial charge in [-0.2, -0.15) is 0 Å². The molecule has 0 spiro atoms. The predicted molar refractivity (Wildman–Crippen MR) is 55.3 cm³/mol. The third-order valence-electron chi connectivity index (χ3n) is 1.82. The predicted octanol–water partition coefficient (Wildman–Crippen LogP) is 0.478. The monoisotopic (exact) mass is 207 g/mol. The smallest absolute Gasteiger partial charge is 0.315 e. The first-order chi connectivity index (χ1) is 5.68. The van der Waals surface area contributed by atoms with Crippen molar-refractivity contribution in [2.75, 3.05) is 13.1 Å². The Kier molecular flexibility index (Phi) is 5.82. The zero-order chi connectivity index (χ0) is 8.97. The van der Waals surface area contributed by atoms with Crippen LogP contribution in [0, 0.1) is 0 Å². The summed E-state index contributed by atoms with van der Waals surface area (Å²) in [6.07, 6.45) is 1.03. The third kappa shape index (κ3) is 4.95. The highest BCUT2D eigenvalue weighted by Crippen LogP contribution is 1.96. The van der Waals surface area contributed by atoms with Crippen molar-refractivity contribution in [2.45, 2.75) is 32.4 Å². The van der Waals surface area contributed by atoms with Crippen LogP contribution in [0.1, 0.15) is 20.3 Å². The topological polar surface area (TPSA) is 53.2 Å². The normalized spacial score (nSPS) is 21.0. The minimum atomic E-state index is -0.0568. The van der Waals surface area contributed by atoms with E-state index < -0.39 is 0 Å². The molecule has 0 aromatic heterocycles. The van der Waals surface area contributed by atoms with Crippen molar-refractivity contribution in [3.63, 3.8) is 0 Å². The number of rotatable bonds is 2. The van der Waals surface area contributed by atoms with Crippen molar-refractivity contribution in [3.8, 4) is 0 Å². The van der Waals surface area contributed by atoms with Crippen molar-refractivity contribution in [1.82, 2.24) is 16.0 Å². The van der Waals surface area contributed by atoms with Crippen LogP contribution in [0.2, 0.25) is 0 Å². The molecule has 78 valence electrons. The van der Waals surface area contributed by atoms with Crippen LogP contribution in [-0.2, 0) is 0 Å². The zero-order valence-electron chi connectivity index (χ0n) is 8.09. The molecule has 0 aromatic carbocycles. The maximum atomic E-state index is 11.2. The van der Waals surface area contributed by atoms with E-state index in [0.29, 0.717) is 6.04 Å². The van der Waals surface area contributed by atoms with Gasteiger partial charge in [-0.3, -0.25) is 0 Å². The molecule has 0 bridgehead atoms. The fourth-order valence-corrected chi connectivity index (χ4v) is 1.27. The van der Waals surface area contributed by atoms with Crippen LogP contribution in [-0.4, -0.2) is 31.2 Å². The maximum absolute atomic E-state index is 11.2. The molecule has 0 radical (unpaired) electrons. The lowest BCUT2D eigenvalue weighted by atomic mass is 10.3. The molecule has 1 aliphatic heterocycles. The molecule has 4 nitrogen and oxygen atoms in total. The molecular formula is C8H18ClN3O. The second kappa shape index (κ2) is 6.05. The lowest BCUT2D eigenvalue weighted by molar-refractivity contribution is 0.235. The second-order valence-electron chi connectivity index (χ2n) is 3.46. The molecule has 1 rings (SSSR count). The molecule has 1 unspecified atom stereocenters. The van der Waals surface area contributed by atoms with Crippen LogP contribution in [0.5, 0.6) is 0 Å². The van der Waals surface area contributed by atoms with Gasteiger partial charge in [0.15, 0.2) is 0 Å². The van der Waals surface area contributed by atoms with E-state index in [1.165, 1.54) is 0 Å². The summed E-state index contributed by atoms with van der Waals surface area (Å²) in [7, 11) is 0. The molecule has 0 aliphatic carbocycles. The van der Waals surface area contributed by atoms with Gasteiger partial charge in [0.2, 0.25) is 0 Å². The minimum Gasteiger partial charge on any atom is -0.336 e. The van der Waals surface area contributed by atoms with Crippen LogP contribution in [0.4, 0.5) is 4.79 Å². The molecule has 1 saturated heterocycles. The summed E-state index contributed by atoms with van der Waals surface area (Å²) in [5.41, 5.74) is 0. The number of hydrogen-bond donors (Lipinski definition) is 3. The number of carbonyl (C=O) groups is 1. The van der Waals surface area contributed by atoms with Crippen molar-refractivity contribution >= 4 is 18.4 Å². The van der Waals surface area contributed by atoms with Gasteiger partial charge in [-0.15, -0.1) is 12.4 Å². The summed E-state index contributed by atoms with van der Waals surface area (Å²) < 4.78 is 0. The average molecular weight is 208 g/mol. The highest BCUT2D eigenvalue weighted by Gasteiger charge is 2.16. The SMILES string of the molecule is CC(C)NC(=O)NC1CCNC1.Cl. The quantitative estimate of drug-likeness (QED) is 0.617. The molecule has 1 fully saturated rings. The molecule has 0 saturated carbocycles. The maximum Gasteiger partial charge on any atom is 0.315 e. The van der Waals surface area contributed by atoms with Crippen LogP contribution >= 0.6 is 12.4 Å². The van der Waals surface area contributed by atoms with Crippen LogP contribution < -0.4 is 16.0 Å². The lowest BCUT2D eigenvalue weighted by Gasteiger charge is -2.14. The van der Waals surface area contributed by atoms with Crippen molar-refractivity contribution in [1.29, 1.82) is 0 Å². The van der Waals surface area contributed by atoms with Gasteiger partial charge in [0.1, 0.15) is 0 Å². The van der Waals surface area contributed by atoms with Gasteiger partial charge < -0.3 is 16.0 Å². The van der Waals surface area contributed by atoms with E-state index in [1.807, 2.05) is 13.8 Å². The summed E-state index contributed by atoms with van der Waals surface area (Å²) in [4.78, 5) is 11.2. The molecular weight excluding hydrogens is 190 g/mol. The van der Waals surface area contributed by atoms with Crippen LogP contribution in [0.3, 0.4) is 0 Å². The number of urea groups is 1. The van der Waals surface area contributed by atoms with Gasteiger partial charge >= 0.3 is 6.03 Å². The summed E-state index contributed by atoms with van der Waals surface area (Å²) in [6.45, 7) is 5.80. The number of amides is 2. The highest BCUT2D eigenvalue weighted by molar-refractivity contribution is 5.85. The molecule has 1 aliphatic rings. The number of carbonyl (C=O) groups excluding carboxylic acids is 1. The Hall–Kier alpha value is -0.480. The summed E-state index contributed by atoms with van der Waals surface area (Å²) >= 11 is 0. The first-order valence-corrected chi connectivity index (χ1v) is 4.46. The average Bonchev–Trinajstić information content (AvgIpc) is 2.37. The number of hydrogen-bond acceptors (Lipinski definition) is 2. The van der Waals surface area contributed by atoms with E-state index in [4.69, 9.17) is 0 Å². The Bertz CT molecular complexity index is 157. The van der Waals surface area contributed by atoms with Crippen LogP contribution in [0.15, 0.2) is 0 Å². The third-order valence-corrected chi connectivity index (χ3v) is 1.82. The Balaban J connectivity index is 0.00000144. The van der Waals surface area contributed by atoms with Gasteiger partial charge in [-0.25, -0.2) is 4.79 Å². The Labute approximate surface area is 85.3 Å². The van der Waals surface area contributed by atoms with Crippen molar-refractivity contribution in [3.05, 3.63) is 0 Å². The Morgan fingerprint density at radius 3 is 2.69 bits per heavy atom. The fraction of sp³-hybridized carbons (Fsp3) is 0.875. The first kappa shape index (κ1) is 12.5. The molecule has 0 aromatic rings. The van der Waals surface area contributed by atoms with E-state index in [2.05, 4.69) is 16.0 Å². The summed E-state index contributed by atoms with van der Waals surface area (Å²) in [6, 6.07) is 0.460. The molecule has 1 atom stereocenters. The molecule has 1 heterocycles. The van der Waals surface area contributed by atoms with Crippen molar-refractivity contribution in [2.24, 2.45) is 0 Å². The Morgan fingerprint density at radius 2 is 2.23 bits per heavy atom. The summed E-state index contributed by atoms with van der Waals surface area (Å²) in [5.74, 6) is 0. The summed E-state index contributed by atoms with van der Waals surface area (Å²) in [5, 5.41) is 8.88. The van der Waals surface area contributed by atoms with Gasteiger partial charge in [-0.05, 0) is 26.8 Å². The number of nitrogens with one attached hydrogen (secondary N) is 3. The second-order valence-corrected chi connectivity index (χ2v) is 3.46. The zero-order valence-corrected chi connectivity index (χ0v) is 8.91. The van der Waals surface area contributed by atoms with E-state index >= 15 is 0 Å².